The van der Waals surface area contributed by atoms with Crippen molar-refractivity contribution in [2.75, 3.05) is 13.2 Å². The zero-order valence-corrected chi connectivity index (χ0v) is 13.1. The Labute approximate surface area is 130 Å². The lowest BCUT2D eigenvalue weighted by Crippen LogP contribution is -2.32. The van der Waals surface area contributed by atoms with Gasteiger partial charge in [-0.2, -0.15) is 0 Å². The predicted octanol–water partition coefficient (Wildman–Crippen LogP) is 2.32. The molecule has 2 rings (SSSR count). The van der Waals surface area contributed by atoms with E-state index in [4.69, 9.17) is 27.0 Å². The van der Waals surface area contributed by atoms with E-state index in [0.717, 1.165) is 25.0 Å². The average Bonchev–Trinajstić information content (AvgIpc) is 2.90. The van der Waals surface area contributed by atoms with Crippen LogP contribution >= 0.6 is 22.3 Å². The van der Waals surface area contributed by atoms with Gasteiger partial charge in [0.25, 0.3) is 15.0 Å². The van der Waals surface area contributed by atoms with Crippen molar-refractivity contribution in [1.29, 1.82) is 0 Å². The van der Waals surface area contributed by atoms with Gasteiger partial charge in [-0.1, -0.05) is 11.6 Å². The highest BCUT2D eigenvalue weighted by Gasteiger charge is 2.24. The number of benzene rings is 1. The highest BCUT2D eigenvalue weighted by molar-refractivity contribution is 8.13. The number of hydrogen-bond donors (Lipinski definition) is 1. The van der Waals surface area contributed by atoms with Crippen molar-refractivity contribution in [3.8, 4) is 0 Å². The molecule has 1 saturated heterocycles. The quantitative estimate of drug-likeness (QED) is 0.841. The Bertz CT molecular complexity index is 659. The molecule has 5 nitrogen and oxygen atoms in total. The van der Waals surface area contributed by atoms with Crippen LogP contribution in [0.1, 0.15) is 23.2 Å². The molecule has 1 aromatic carbocycles. The third-order valence-corrected chi connectivity index (χ3v) is 4.56. The molecule has 1 heterocycles. The molecule has 1 fully saturated rings. The summed E-state index contributed by atoms with van der Waals surface area (Å²) in [7, 11) is 0.780. The lowest BCUT2D eigenvalue weighted by atomic mass is 10.2. The maximum Gasteiger partial charge on any atom is 0.264 e. The van der Waals surface area contributed by atoms with Crippen LogP contribution in [0.4, 0.5) is 4.39 Å². The first-order chi connectivity index (χ1) is 9.79. The molecule has 1 aliphatic heterocycles. The molecule has 116 valence electrons. The number of carbonyl (C=O) groups is 1. The third kappa shape index (κ3) is 4.06. The van der Waals surface area contributed by atoms with E-state index in [0.29, 0.717) is 6.61 Å². The minimum absolute atomic E-state index is 0.0992. The summed E-state index contributed by atoms with van der Waals surface area (Å²) < 4.78 is 41.9. The molecule has 0 bridgehead atoms. The van der Waals surface area contributed by atoms with Gasteiger partial charge in [0.05, 0.1) is 11.7 Å². The molecule has 1 N–H and O–H groups in total. The van der Waals surface area contributed by atoms with E-state index in [1.165, 1.54) is 0 Å². The summed E-state index contributed by atoms with van der Waals surface area (Å²) in [6, 6.07) is 1.91. The lowest BCUT2D eigenvalue weighted by Gasteiger charge is -2.12. The number of hydrogen-bond acceptors (Lipinski definition) is 4. The summed E-state index contributed by atoms with van der Waals surface area (Å²) >= 11 is 5.70. The van der Waals surface area contributed by atoms with Gasteiger partial charge in [0.1, 0.15) is 4.90 Å². The van der Waals surface area contributed by atoms with Crippen molar-refractivity contribution in [2.45, 2.75) is 23.8 Å². The van der Waals surface area contributed by atoms with Gasteiger partial charge in [-0.15, -0.1) is 0 Å². The Hall–Kier alpha value is -0.890. The lowest BCUT2D eigenvalue weighted by molar-refractivity contribution is 0.0854. The van der Waals surface area contributed by atoms with E-state index >= 15 is 0 Å². The highest BCUT2D eigenvalue weighted by Crippen LogP contribution is 2.26. The van der Waals surface area contributed by atoms with E-state index in [1.807, 2.05) is 0 Å². The largest absolute Gasteiger partial charge is 0.376 e. The second kappa shape index (κ2) is 6.48. The fraction of sp³-hybridized carbons (Fsp3) is 0.417. The fourth-order valence-electron chi connectivity index (χ4n) is 2.01. The molecule has 0 aromatic heterocycles. The van der Waals surface area contributed by atoms with Crippen molar-refractivity contribution >= 4 is 37.2 Å². The van der Waals surface area contributed by atoms with Gasteiger partial charge in [-0.05, 0) is 25.0 Å². The molecule has 1 amide bonds. The molecule has 0 radical (unpaired) electrons. The number of carbonyl (C=O) groups excluding carboxylic acids is 1. The van der Waals surface area contributed by atoms with Gasteiger partial charge >= 0.3 is 0 Å². The first-order valence-corrected chi connectivity index (χ1v) is 8.81. The van der Waals surface area contributed by atoms with Crippen molar-refractivity contribution in [3.63, 3.8) is 0 Å². The van der Waals surface area contributed by atoms with Gasteiger partial charge in [-0.3, -0.25) is 4.79 Å². The maximum absolute atomic E-state index is 14.1. The van der Waals surface area contributed by atoms with E-state index < -0.39 is 31.2 Å². The van der Waals surface area contributed by atoms with E-state index in [1.54, 1.807) is 0 Å². The van der Waals surface area contributed by atoms with Crippen molar-refractivity contribution in [1.82, 2.24) is 5.32 Å². The standard InChI is InChI=1S/C12H12Cl2FNO4S/c13-7-4-9(11(15)10(5-7)21(14,18)19)12(17)16-6-8-2-1-3-20-8/h4-5,8H,1-3,6H2,(H,16,17). The Balaban J connectivity index is 2.22. The molecule has 9 heteroatoms. The Morgan fingerprint density at radius 1 is 1.48 bits per heavy atom. The van der Waals surface area contributed by atoms with E-state index in [2.05, 4.69) is 5.32 Å². The summed E-state index contributed by atoms with van der Waals surface area (Å²) in [5.41, 5.74) is -0.472. The summed E-state index contributed by atoms with van der Waals surface area (Å²) in [6.07, 6.45) is 1.59. The zero-order chi connectivity index (χ0) is 15.6. The van der Waals surface area contributed by atoms with Crippen LogP contribution in [0, 0.1) is 5.82 Å². The van der Waals surface area contributed by atoms with Crippen LogP contribution < -0.4 is 5.32 Å². The number of rotatable bonds is 4. The van der Waals surface area contributed by atoms with Crippen molar-refractivity contribution in [2.24, 2.45) is 0 Å². The number of ether oxygens (including phenoxy) is 1. The minimum Gasteiger partial charge on any atom is -0.376 e. The van der Waals surface area contributed by atoms with Gasteiger partial charge in [0.15, 0.2) is 5.82 Å². The molecule has 21 heavy (non-hydrogen) atoms. The molecule has 1 unspecified atom stereocenters. The first-order valence-electron chi connectivity index (χ1n) is 6.12. The third-order valence-electron chi connectivity index (χ3n) is 3.03. The second-order valence-electron chi connectivity index (χ2n) is 4.55. The molecular formula is C12H12Cl2FNO4S. The summed E-state index contributed by atoms with van der Waals surface area (Å²) in [6.45, 7) is 0.842. The topological polar surface area (TPSA) is 72.5 Å². The van der Waals surface area contributed by atoms with Crippen LogP contribution in [-0.4, -0.2) is 33.6 Å². The second-order valence-corrected chi connectivity index (χ2v) is 7.52. The van der Waals surface area contributed by atoms with Crippen molar-refractivity contribution < 1.29 is 22.3 Å². The molecule has 1 aliphatic rings. The van der Waals surface area contributed by atoms with Gasteiger partial charge < -0.3 is 10.1 Å². The summed E-state index contributed by atoms with van der Waals surface area (Å²) in [5.74, 6) is -1.99. The smallest absolute Gasteiger partial charge is 0.264 e. The Kier molecular flexibility index (Phi) is 5.08. The van der Waals surface area contributed by atoms with Crippen LogP contribution in [0.25, 0.3) is 0 Å². The maximum atomic E-state index is 14.1. The monoisotopic (exact) mass is 355 g/mol. The van der Waals surface area contributed by atoms with E-state index in [9.17, 15) is 17.6 Å². The summed E-state index contributed by atoms with van der Waals surface area (Å²) in [5, 5.41) is 2.39. The SMILES string of the molecule is O=C(NCC1CCCO1)c1cc(Cl)cc(S(=O)(=O)Cl)c1F. The first kappa shape index (κ1) is 16.5. The fourth-order valence-corrected chi connectivity index (χ4v) is 3.23. The zero-order valence-electron chi connectivity index (χ0n) is 10.7. The highest BCUT2D eigenvalue weighted by atomic mass is 35.7. The van der Waals surface area contributed by atoms with Gasteiger partial charge in [0, 0.05) is 28.9 Å². The molecule has 0 aliphatic carbocycles. The Morgan fingerprint density at radius 3 is 2.76 bits per heavy atom. The molecule has 0 spiro atoms. The molecular weight excluding hydrogens is 344 g/mol. The van der Waals surface area contributed by atoms with Crippen LogP contribution in [0.15, 0.2) is 17.0 Å². The van der Waals surface area contributed by atoms with Gasteiger partial charge in [0.2, 0.25) is 0 Å². The minimum atomic E-state index is -4.33. The average molecular weight is 356 g/mol. The summed E-state index contributed by atoms with van der Waals surface area (Å²) in [4.78, 5) is 11.1. The van der Waals surface area contributed by atoms with Crippen LogP contribution in [0.5, 0.6) is 0 Å². The predicted molar refractivity (Wildman–Crippen MR) is 75.8 cm³/mol. The van der Waals surface area contributed by atoms with Crippen LogP contribution in [0.3, 0.4) is 0 Å². The normalized spacial score (nSPS) is 18.7. The number of nitrogens with one attached hydrogen (secondary N) is 1. The number of halogens is 3. The molecule has 1 aromatic rings. The molecule has 0 saturated carbocycles. The molecule has 1 atom stereocenters. The van der Waals surface area contributed by atoms with Crippen LogP contribution in [-0.2, 0) is 13.8 Å². The number of amides is 1. The van der Waals surface area contributed by atoms with Gasteiger partial charge in [-0.25, -0.2) is 12.8 Å². The Morgan fingerprint density at radius 2 is 2.19 bits per heavy atom. The van der Waals surface area contributed by atoms with Crippen molar-refractivity contribution in [3.05, 3.63) is 28.5 Å². The van der Waals surface area contributed by atoms with E-state index in [-0.39, 0.29) is 17.7 Å². The van der Waals surface area contributed by atoms with Crippen LogP contribution in [0.2, 0.25) is 5.02 Å².